The topological polar surface area (TPSA) is 92.9 Å². The van der Waals surface area contributed by atoms with Crippen LogP contribution < -0.4 is 16.4 Å². The summed E-state index contributed by atoms with van der Waals surface area (Å²) in [5, 5.41) is 6.90. The normalized spacial score (nSPS) is 10.4. The lowest BCUT2D eigenvalue weighted by Crippen LogP contribution is -2.26. The van der Waals surface area contributed by atoms with Crippen LogP contribution in [0.5, 0.6) is 0 Å². The van der Waals surface area contributed by atoms with Crippen LogP contribution >= 0.6 is 0 Å². The number of anilines is 2. The number of amides is 1. The van der Waals surface area contributed by atoms with Crippen molar-refractivity contribution in [2.24, 2.45) is 0 Å². The van der Waals surface area contributed by atoms with Gasteiger partial charge >= 0.3 is 0 Å². The van der Waals surface area contributed by atoms with Crippen molar-refractivity contribution in [3.05, 3.63) is 24.5 Å². The fourth-order valence-electron chi connectivity index (χ4n) is 1.86. The van der Waals surface area contributed by atoms with Gasteiger partial charge in [0.15, 0.2) is 0 Å². The van der Waals surface area contributed by atoms with E-state index in [1.54, 1.807) is 6.07 Å². The SMILES string of the molecule is CCCNC(=O)CCNc1ncnc2cc(N)ccc12. The lowest BCUT2D eigenvalue weighted by atomic mass is 10.2. The number of nitrogens with one attached hydrogen (secondary N) is 2. The molecule has 6 nitrogen and oxygen atoms in total. The maximum absolute atomic E-state index is 11.5. The molecule has 0 saturated carbocycles. The average Bonchev–Trinajstić information content (AvgIpc) is 2.45. The molecule has 2 rings (SSSR count). The van der Waals surface area contributed by atoms with Crippen LogP contribution in [0.15, 0.2) is 24.5 Å². The van der Waals surface area contributed by atoms with E-state index in [1.807, 2.05) is 19.1 Å². The Morgan fingerprint density at radius 1 is 1.30 bits per heavy atom. The number of nitrogen functional groups attached to an aromatic ring is 1. The summed E-state index contributed by atoms with van der Waals surface area (Å²) in [5.74, 6) is 0.764. The third kappa shape index (κ3) is 3.57. The van der Waals surface area contributed by atoms with Crippen LogP contribution in [0.25, 0.3) is 10.9 Å². The van der Waals surface area contributed by atoms with Crippen molar-refractivity contribution in [2.75, 3.05) is 24.1 Å². The van der Waals surface area contributed by atoms with E-state index in [2.05, 4.69) is 20.6 Å². The number of aromatic nitrogens is 2. The molecule has 0 saturated heterocycles. The molecule has 0 bridgehead atoms. The Hall–Kier alpha value is -2.37. The van der Waals surface area contributed by atoms with Gasteiger partial charge in [0, 0.05) is 30.6 Å². The molecule has 0 aliphatic carbocycles. The Bertz CT molecular complexity index is 599. The van der Waals surface area contributed by atoms with Crippen LogP contribution in [0.3, 0.4) is 0 Å². The highest BCUT2D eigenvalue weighted by Crippen LogP contribution is 2.20. The Morgan fingerprint density at radius 2 is 2.15 bits per heavy atom. The third-order valence-corrected chi connectivity index (χ3v) is 2.88. The molecule has 0 aliphatic rings. The number of fused-ring (bicyclic) bond motifs is 1. The second-order valence-corrected chi connectivity index (χ2v) is 4.53. The first kappa shape index (κ1) is 14.0. The van der Waals surface area contributed by atoms with Gasteiger partial charge in [-0.05, 0) is 24.6 Å². The van der Waals surface area contributed by atoms with E-state index < -0.39 is 0 Å². The molecule has 0 aliphatic heterocycles. The smallest absolute Gasteiger partial charge is 0.221 e. The third-order valence-electron chi connectivity index (χ3n) is 2.88. The van der Waals surface area contributed by atoms with Crippen LogP contribution in [0.4, 0.5) is 11.5 Å². The maximum atomic E-state index is 11.5. The van der Waals surface area contributed by atoms with Crippen molar-refractivity contribution in [3.63, 3.8) is 0 Å². The zero-order chi connectivity index (χ0) is 14.4. The highest BCUT2D eigenvalue weighted by Gasteiger charge is 2.05. The van der Waals surface area contributed by atoms with E-state index in [-0.39, 0.29) is 5.91 Å². The molecule has 1 aromatic carbocycles. The summed E-state index contributed by atoms with van der Waals surface area (Å²) < 4.78 is 0. The van der Waals surface area contributed by atoms with Gasteiger partial charge in [0.2, 0.25) is 5.91 Å². The van der Waals surface area contributed by atoms with Crippen molar-refractivity contribution in [2.45, 2.75) is 19.8 Å². The molecule has 2 aromatic rings. The molecule has 0 fully saturated rings. The highest BCUT2D eigenvalue weighted by atomic mass is 16.1. The Morgan fingerprint density at radius 3 is 2.95 bits per heavy atom. The van der Waals surface area contributed by atoms with Crippen LogP contribution in [0, 0.1) is 0 Å². The first-order valence-electron chi connectivity index (χ1n) is 6.71. The van der Waals surface area contributed by atoms with Crippen molar-refractivity contribution < 1.29 is 4.79 Å². The van der Waals surface area contributed by atoms with E-state index in [0.29, 0.717) is 25.2 Å². The van der Waals surface area contributed by atoms with Crippen molar-refractivity contribution in [1.29, 1.82) is 0 Å². The van der Waals surface area contributed by atoms with Crippen molar-refractivity contribution in [3.8, 4) is 0 Å². The van der Waals surface area contributed by atoms with Gasteiger partial charge in [-0.2, -0.15) is 0 Å². The quantitative estimate of drug-likeness (QED) is 0.694. The van der Waals surface area contributed by atoms with Gasteiger partial charge in [-0.1, -0.05) is 6.92 Å². The fourth-order valence-corrected chi connectivity index (χ4v) is 1.86. The van der Waals surface area contributed by atoms with Crippen LogP contribution in [0.2, 0.25) is 0 Å². The molecule has 0 atom stereocenters. The number of hydrogen-bond acceptors (Lipinski definition) is 5. The van der Waals surface area contributed by atoms with Gasteiger partial charge in [0.1, 0.15) is 12.1 Å². The Balaban J connectivity index is 1.98. The van der Waals surface area contributed by atoms with E-state index in [1.165, 1.54) is 6.33 Å². The van der Waals surface area contributed by atoms with E-state index in [4.69, 9.17) is 5.73 Å². The first-order valence-corrected chi connectivity index (χ1v) is 6.71. The summed E-state index contributed by atoms with van der Waals surface area (Å²) in [6.45, 7) is 3.28. The van der Waals surface area contributed by atoms with Gasteiger partial charge in [0.05, 0.1) is 5.52 Å². The Labute approximate surface area is 117 Å². The van der Waals surface area contributed by atoms with E-state index in [9.17, 15) is 4.79 Å². The van der Waals surface area contributed by atoms with E-state index >= 15 is 0 Å². The molecular weight excluding hydrogens is 254 g/mol. The predicted molar refractivity (Wildman–Crippen MR) is 80.4 cm³/mol. The average molecular weight is 273 g/mol. The number of nitrogens with two attached hydrogens (primary N) is 1. The zero-order valence-corrected chi connectivity index (χ0v) is 11.5. The number of benzene rings is 1. The van der Waals surface area contributed by atoms with Gasteiger partial charge in [-0.3, -0.25) is 4.79 Å². The summed E-state index contributed by atoms with van der Waals surface area (Å²) in [6.07, 6.45) is 2.85. The summed E-state index contributed by atoms with van der Waals surface area (Å²) in [5.41, 5.74) is 7.18. The summed E-state index contributed by atoms with van der Waals surface area (Å²) >= 11 is 0. The molecule has 6 heteroatoms. The molecule has 20 heavy (non-hydrogen) atoms. The molecule has 0 radical (unpaired) electrons. The second kappa shape index (κ2) is 6.70. The zero-order valence-electron chi connectivity index (χ0n) is 11.5. The summed E-state index contributed by atoms with van der Waals surface area (Å²) in [6, 6.07) is 5.49. The number of nitrogens with zero attached hydrogens (tertiary/aromatic N) is 2. The highest BCUT2D eigenvalue weighted by molar-refractivity contribution is 5.90. The van der Waals surface area contributed by atoms with Gasteiger partial charge < -0.3 is 16.4 Å². The second-order valence-electron chi connectivity index (χ2n) is 4.53. The number of hydrogen-bond donors (Lipinski definition) is 3. The summed E-state index contributed by atoms with van der Waals surface area (Å²) in [7, 11) is 0. The standard InChI is InChI=1S/C14H19N5O/c1-2-6-16-13(20)5-7-17-14-11-4-3-10(15)8-12(11)18-9-19-14/h3-4,8-9H,2,5-7,15H2,1H3,(H,16,20)(H,17,18,19). The molecule has 0 spiro atoms. The largest absolute Gasteiger partial charge is 0.399 e. The minimum absolute atomic E-state index is 0.0435. The fraction of sp³-hybridized carbons (Fsp3) is 0.357. The minimum atomic E-state index is 0.0435. The van der Waals surface area contributed by atoms with Crippen molar-refractivity contribution in [1.82, 2.24) is 15.3 Å². The molecule has 1 amide bonds. The summed E-state index contributed by atoms with van der Waals surface area (Å²) in [4.78, 5) is 19.9. The number of carbonyl (C=O) groups excluding carboxylic acids is 1. The lowest BCUT2D eigenvalue weighted by molar-refractivity contribution is -0.120. The van der Waals surface area contributed by atoms with Crippen LogP contribution in [0.1, 0.15) is 19.8 Å². The molecule has 0 unspecified atom stereocenters. The number of rotatable bonds is 6. The van der Waals surface area contributed by atoms with Gasteiger partial charge in [-0.25, -0.2) is 9.97 Å². The molecule has 4 N–H and O–H groups in total. The first-order chi connectivity index (χ1) is 9.70. The molecule has 106 valence electrons. The molecular formula is C14H19N5O. The van der Waals surface area contributed by atoms with Crippen LogP contribution in [-0.4, -0.2) is 29.0 Å². The van der Waals surface area contributed by atoms with Gasteiger partial charge in [0.25, 0.3) is 0 Å². The monoisotopic (exact) mass is 273 g/mol. The van der Waals surface area contributed by atoms with E-state index in [0.717, 1.165) is 23.1 Å². The minimum Gasteiger partial charge on any atom is -0.399 e. The van der Waals surface area contributed by atoms with Crippen LogP contribution in [-0.2, 0) is 4.79 Å². The van der Waals surface area contributed by atoms with Gasteiger partial charge in [-0.15, -0.1) is 0 Å². The lowest BCUT2D eigenvalue weighted by Gasteiger charge is -2.08. The van der Waals surface area contributed by atoms with Crippen molar-refractivity contribution >= 4 is 28.3 Å². The number of carbonyl (C=O) groups is 1. The Kier molecular flexibility index (Phi) is 4.70. The predicted octanol–water partition coefficient (Wildman–Crippen LogP) is 1.54. The molecule has 1 heterocycles. The maximum Gasteiger partial charge on any atom is 0.221 e. The molecule has 1 aromatic heterocycles.